The SMILES string of the molecule is Cc1ccccc1-n1c(C)cc(C(=O)N2CCC(CCN3CCOCC3)CC2)c1C. The molecule has 2 aromatic rings. The monoisotopic (exact) mass is 409 g/mol. The average Bonchev–Trinajstić information content (AvgIpc) is 3.07. The Hall–Kier alpha value is -2.11. The van der Waals surface area contributed by atoms with E-state index >= 15 is 0 Å². The van der Waals surface area contributed by atoms with Crippen molar-refractivity contribution in [3.05, 3.63) is 52.8 Å². The van der Waals surface area contributed by atoms with Crippen LogP contribution in [0.5, 0.6) is 0 Å². The fraction of sp³-hybridized carbons (Fsp3) is 0.560. The molecule has 4 rings (SSSR count). The maximum atomic E-state index is 13.3. The van der Waals surface area contributed by atoms with E-state index in [4.69, 9.17) is 4.74 Å². The summed E-state index contributed by atoms with van der Waals surface area (Å²) in [5, 5.41) is 0. The number of amides is 1. The first-order valence-electron chi connectivity index (χ1n) is 11.4. The Kier molecular flexibility index (Phi) is 6.59. The van der Waals surface area contributed by atoms with Gasteiger partial charge in [0.05, 0.1) is 18.8 Å². The molecule has 2 fully saturated rings. The first kappa shape index (κ1) is 21.1. The van der Waals surface area contributed by atoms with E-state index in [1.54, 1.807) is 0 Å². The van der Waals surface area contributed by atoms with Crippen molar-refractivity contribution in [2.45, 2.75) is 40.0 Å². The fourth-order valence-electron chi connectivity index (χ4n) is 4.95. The van der Waals surface area contributed by atoms with Crippen molar-refractivity contribution in [3.63, 3.8) is 0 Å². The van der Waals surface area contributed by atoms with Crippen molar-refractivity contribution >= 4 is 5.91 Å². The number of aromatic nitrogens is 1. The quantitative estimate of drug-likeness (QED) is 0.750. The molecular formula is C25H35N3O2. The summed E-state index contributed by atoms with van der Waals surface area (Å²) in [5.41, 5.74) is 5.39. The molecule has 1 aromatic heterocycles. The van der Waals surface area contributed by atoms with Gasteiger partial charge in [0, 0.05) is 43.3 Å². The molecule has 2 aliphatic heterocycles. The summed E-state index contributed by atoms with van der Waals surface area (Å²) in [4.78, 5) is 17.9. The molecule has 5 nitrogen and oxygen atoms in total. The predicted molar refractivity (Wildman–Crippen MR) is 120 cm³/mol. The number of rotatable bonds is 5. The van der Waals surface area contributed by atoms with Crippen LogP contribution in [-0.4, -0.2) is 66.2 Å². The van der Waals surface area contributed by atoms with Gasteiger partial charge in [0.2, 0.25) is 0 Å². The Morgan fingerprint density at radius 2 is 1.73 bits per heavy atom. The Balaban J connectivity index is 1.38. The lowest BCUT2D eigenvalue weighted by Crippen LogP contribution is -2.41. The van der Waals surface area contributed by atoms with Crippen LogP contribution in [0.2, 0.25) is 0 Å². The smallest absolute Gasteiger partial charge is 0.255 e. The van der Waals surface area contributed by atoms with Gasteiger partial charge >= 0.3 is 0 Å². The highest BCUT2D eigenvalue weighted by atomic mass is 16.5. The highest BCUT2D eigenvalue weighted by Crippen LogP contribution is 2.27. The summed E-state index contributed by atoms with van der Waals surface area (Å²) >= 11 is 0. The Bertz CT molecular complexity index is 875. The van der Waals surface area contributed by atoms with Crippen LogP contribution in [0.3, 0.4) is 0 Å². The topological polar surface area (TPSA) is 37.7 Å². The minimum atomic E-state index is 0.189. The van der Waals surface area contributed by atoms with Crippen molar-refractivity contribution in [2.75, 3.05) is 45.9 Å². The minimum Gasteiger partial charge on any atom is -0.379 e. The number of piperidine rings is 1. The van der Waals surface area contributed by atoms with Gasteiger partial charge in [0.1, 0.15) is 0 Å². The lowest BCUT2D eigenvalue weighted by molar-refractivity contribution is 0.0332. The Labute approximate surface area is 180 Å². The molecule has 0 N–H and O–H groups in total. The van der Waals surface area contributed by atoms with Gasteiger partial charge in [0.15, 0.2) is 0 Å². The maximum Gasteiger partial charge on any atom is 0.255 e. The van der Waals surface area contributed by atoms with Crippen LogP contribution in [0.25, 0.3) is 5.69 Å². The van der Waals surface area contributed by atoms with Crippen LogP contribution >= 0.6 is 0 Å². The number of morpholine rings is 1. The van der Waals surface area contributed by atoms with Crippen LogP contribution < -0.4 is 0 Å². The van der Waals surface area contributed by atoms with E-state index in [1.165, 1.54) is 18.5 Å². The molecule has 2 saturated heterocycles. The zero-order valence-corrected chi connectivity index (χ0v) is 18.7. The van der Waals surface area contributed by atoms with E-state index < -0.39 is 0 Å². The summed E-state index contributed by atoms with van der Waals surface area (Å²) in [5.74, 6) is 0.922. The number of likely N-dealkylation sites (tertiary alicyclic amines) is 1. The first-order valence-corrected chi connectivity index (χ1v) is 11.4. The van der Waals surface area contributed by atoms with Crippen LogP contribution in [0.4, 0.5) is 0 Å². The van der Waals surface area contributed by atoms with E-state index in [9.17, 15) is 4.79 Å². The molecule has 2 aliphatic rings. The van der Waals surface area contributed by atoms with Crippen molar-refractivity contribution in [1.29, 1.82) is 0 Å². The van der Waals surface area contributed by atoms with Crippen molar-refractivity contribution in [2.24, 2.45) is 5.92 Å². The van der Waals surface area contributed by atoms with Crippen molar-refractivity contribution in [3.8, 4) is 5.69 Å². The van der Waals surface area contributed by atoms with Gasteiger partial charge in [-0.2, -0.15) is 0 Å². The van der Waals surface area contributed by atoms with Gasteiger partial charge in [-0.05, 0) is 70.2 Å². The average molecular weight is 410 g/mol. The molecule has 0 radical (unpaired) electrons. The van der Waals surface area contributed by atoms with Gasteiger partial charge < -0.3 is 14.2 Å². The largest absolute Gasteiger partial charge is 0.379 e. The predicted octanol–water partition coefficient (Wildman–Crippen LogP) is 3.98. The molecule has 30 heavy (non-hydrogen) atoms. The second-order valence-electron chi connectivity index (χ2n) is 8.88. The number of nitrogens with zero attached hydrogens (tertiary/aromatic N) is 3. The Morgan fingerprint density at radius 3 is 2.43 bits per heavy atom. The number of ether oxygens (including phenoxy) is 1. The number of benzene rings is 1. The number of aryl methyl sites for hydroxylation is 2. The van der Waals surface area contributed by atoms with E-state index in [2.05, 4.69) is 65.5 Å². The molecule has 1 amide bonds. The van der Waals surface area contributed by atoms with Gasteiger partial charge in [-0.1, -0.05) is 18.2 Å². The minimum absolute atomic E-state index is 0.189. The van der Waals surface area contributed by atoms with Gasteiger partial charge in [-0.25, -0.2) is 0 Å². The van der Waals surface area contributed by atoms with E-state index in [0.717, 1.165) is 80.8 Å². The highest BCUT2D eigenvalue weighted by Gasteiger charge is 2.27. The van der Waals surface area contributed by atoms with Crippen LogP contribution in [0, 0.1) is 26.7 Å². The normalized spacial score (nSPS) is 18.7. The maximum absolute atomic E-state index is 13.3. The van der Waals surface area contributed by atoms with Crippen molar-refractivity contribution < 1.29 is 9.53 Å². The summed E-state index contributed by atoms with van der Waals surface area (Å²) in [6.45, 7) is 13.1. The molecule has 1 aromatic carbocycles. The molecule has 0 atom stereocenters. The number of hydrogen-bond acceptors (Lipinski definition) is 3. The molecule has 0 aliphatic carbocycles. The molecule has 3 heterocycles. The lowest BCUT2D eigenvalue weighted by atomic mass is 9.93. The lowest BCUT2D eigenvalue weighted by Gasteiger charge is -2.34. The zero-order valence-electron chi connectivity index (χ0n) is 18.7. The molecule has 0 spiro atoms. The molecule has 0 bridgehead atoms. The first-order chi connectivity index (χ1) is 14.5. The van der Waals surface area contributed by atoms with E-state index in [-0.39, 0.29) is 5.91 Å². The van der Waals surface area contributed by atoms with Crippen LogP contribution in [0.15, 0.2) is 30.3 Å². The third-order valence-corrected chi connectivity index (χ3v) is 6.88. The van der Waals surface area contributed by atoms with E-state index in [0.29, 0.717) is 0 Å². The van der Waals surface area contributed by atoms with Gasteiger partial charge in [-0.15, -0.1) is 0 Å². The van der Waals surface area contributed by atoms with E-state index in [1.807, 2.05) is 0 Å². The second kappa shape index (κ2) is 9.36. The molecule has 162 valence electrons. The molecule has 5 heteroatoms. The summed E-state index contributed by atoms with van der Waals surface area (Å²) in [7, 11) is 0. The number of hydrogen-bond donors (Lipinski definition) is 0. The number of para-hydroxylation sites is 1. The highest BCUT2D eigenvalue weighted by molar-refractivity contribution is 5.96. The summed E-state index contributed by atoms with van der Waals surface area (Å²) in [6, 6.07) is 10.4. The summed E-state index contributed by atoms with van der Waals surface area (Å²) < 4.78 is 7.66. The third kappa shape index (κ3) is 4.47. The molecule has 0 unspecified atom stereocenters. The van der Waals surface area contributed by atoms with Crippen LogP contribution in [0.1, 0.15) is 46.6 Å². The molecular weight excluding hydrogens is 374 g/mol. The van der Waals surface area contributed by atoms with Crippen molar-refractivity contribution in [1.82, 2.24) is 14.4 Å². The van der Waals surface area contributed by atoms with Gasteiger partial charge in [0.25, 0.3) is 5.91 Å². The Morgan fingerprint density at radius 1 is 1.03 bits per heavy atom. The third-order valence-electron chi connectivity index (χ3n) is 6.88. The zero-order chi connectivity index (χ0) is 21.1. The summed E-state index contributed by atoms with van der Waals surface area (Å²) in [6.07, 6.45) is 3.48. The number of carbonyl (C=O) groups is 1. The van der Waals surface area contributed by atoms with Crippen LogP contribution in [-0.2, 0) is 4.74 Å². The van der Waals surface area contributed by atoms with Gasteiger partial charge in [-0.3, -0.25) is 9.69 Å². The standard InChI is InChI=1S/C25H35N3O2/c1-19-6-4-5-7-24(19)28-20(2)18-23(21(28)3)25(29)27-12-9-22(10-13-27)8-11-26-14-16-30-17-15-26/h4-7,18,22H,8-17H2,1-3H3. The molecule has 0 saturated carbocycles. The number of carbonyl (C=O) groups excluding carboxylic acids is 1. The fourth-order valence-corrected chi connectivity index (χ4v) is 4.95. The second-order valence-corrected chi connectivity index (χ2v) is 8.88.